The van der Waals surface area contributed by atoms with Crippen LogP contribution in [0.15, 0.2) is 18.2 Å². The van der Waals surface area contributed by atoms with E-state index in [0.717, 1.165) is 30.7 Å². The number of carboxylic acid groups (broad SMARTS) is 1. The fourth-order valence-corrected chi connectivity index (χ4v) is 2.49. The van der Waals surface area contributed by atoms with Crippen LogP contribution in [0.2, 0.25) is 0 Å². The highest BCUT2D eigenvalue weighted by molar-refractivity contribution is 5.76. The molecule has 102 valence electrons. The summed E-state index contributed by atoms with van der Waals surface area (Å²) in [6.07, 6.45) is 2.49. The molecule has 0 radical (unpaired) electrons. The number of anilines is 1. The summed E-state index contributed by atoms with van der Waals surface area (Å²) in [6, 6.07) is 5.61. The van der Waals surface area contributed by atoms with Crippen LogP contribution in [0, 0.1) is 5.41 Å². The number of aliphatic carboxylic acids is 1. The Bertz CT molecular complexity index is 496. The second kappa shape index (κ2) is 4.64. The Hall–Kier alpha value is -1.91. The predicted octanol–water partition coefficient (Wildman–Crippen LogP) is 2.12. The van der Waals surface area contributed by atoms with Gasteiger partial charge in [-0.05, 0) is 25.0 Å². The SMILES string of the molecule is O=C(O)C1(CNc2ccc3c(c2)OCCO3)CCC1. The van der Waals surface area contributed by atoms with Crippen molar-refractivity contribution in [1.82, 2.24) is 0 Å². The number of rotatable bonds is 4. The van der Waals surface area contributed by atoms with Crippen LogP contribution in [0.1, 0.15) is 19.3 Å². The highest BCUT2D eigenvalue weighted by Gasteiger charge is 2.44. The Labute approximate surface area is 111 Å². The zero-order valence-electron chi connectivity index (χ0n) is 10.6. The quantitative estimate of drug-likeness (QED) is 0.871. The number of carbonyl (C=O) groups is 1. The zero-order valence-corrected chi connectivity index (χ0v) is 10.6. The maximum absolute atomic E-state index is 11.3. The molecule has 0 aromatic heterocycles. The molecule has 1 aromatic carbocycles. The second-order valence-electron chi connectivity index (χ2n) is 5.15. The van der Waals surface area contributed by atoms with E-state index in [2.05, 4.69) is 5.32 Å². The normalized spacial score (nSPS) is 19.4. The molecule has 0 bridgehead atoms. The van der Waals surface area contributed by atoms with Crippen LogP contribution in [0.5, 0.6) is 11.5 Å². The number of carboxylic acids is 1. The van der Waals surface area contributed by atoms with Gasteiger partial charge >= 0.3 is 5.97 Å². The van der Waals surface area contributed by atoms with Crippen LogP contribution in [-0.4, -0.2) is 30.8 Å². The topological polar surface area (TPSA) is 67.8 Å². The molecule has 19 heavy (non-hydrogen) atoms. The van der Waals surface area contributed by atoms with Crippen LogP contribution in [0.3, 0.4) is 0 Å². The molecule has 1 heterocycles. The first-order valence-electron chi connectivity index (χ1n) is 6.57. The molecule has 2 N–H and O–H groups in total. The fourth-order valence-electron chi connectivity index (χ4n) is 2.49. The van der Waals surface area contributed by atoms with Crippen molar-refractivity contribution in [2.45, 2.75) is 19.3 Å². The van der Waals surface area contributed by atoms with E-state index in [1.807, 2.05) is 18.2 Å². The molecule has 1 fully saturated rings. The van der Waals surface area contributed by atoms with Crippen molar-refractivity contribution in [3.05, 3.63) is 18.2 Å². The Morgan fingerprint density at radius 1 is 1.26 bits per heavy atom. The van der Waals surface area contributed by atoms with Crippen LogP contribution in [0.4, 0.5) is 5.69 Å². The average molecular weight is 263 g/mol. The first-order valence-corrected chi connectivity index (χ1v) is 6.57. The number of fused-ring (bicyclic) bond motifs is 1. The van der Waals surface area contributed by atoms with Crippen LogP contribution >= 0.6 is 0 Å². The number of hydrogen-bond donors (Lipinski definition) is 2. The van der Waals surface area contributed by atoms with E-state index in [0.29, 0.717) is 25.5 Å². The summed E-state index contributed by atoms with van der Waals surface area (Å²) >= 11 is 0. The monoisotopic (exact) mass is 263 g/mol. The largest absolute Gasteiger partial charge is 0.486 e. The minimum atomic E-state index is -0.705. The lowest BCUT2D eigenvalue weighted by Crippen LogP contribution is -2.43. The van der Waals surface area contributed by atoms with Crippen molar-refractivity contribution in [2.75, 3.05) is 25.1 Å². The van der Waals surface area contributed by atoms with Gasteiger partial charge in [0, 0.05) is 18.3 Å². The van der Waals surface area contributed by atoms with Crippen molar-refractivity contribution in [2.24, 2.45) is 5.41 Å². The second-order valence-corrected chi connectivity index (χ2v) is 5.15. The molecule has 5 heteroatoms. The van der Waals surface area contributed by atoms with Crippen LogP contribution in [0.25, 0.3) is 0 Å². The first kappa shape index (κ1) is 12.1. The van der Waals surface area contributed by atoms with Crippen molar-refractivity contribution < 1.29 is 19.4 Å². The Morgan fingerprint density at radius 3 is 2.63 bits per heavy atom. The molecule has 0 unspecified atom stereocenters. The van der Waals surface area contributed by atoms with E-state index < -0.39 is 11.4 Å². The van der Waals surface area contributed by atoms with Gasteiger partial charge < -0.3 is 19.9 Å². The average Bonchev–Trinajstić information content (AvgIpc) is 2.37. The van der Waals surface area contributed by atoms with E-state index >= 15 is 0 Å². The standard InChI is InChI=1S/C14H17NO4/c16-13(17)14(4-1-5-14)9-15-10-2-3-11-12(8-10)19-7-6-18-11/h2-3,8,15H,1,4-7,9H2,(H,16,17). The molecular formula is C14H17NO4. The number of nitrogens with one attached hydrogen (secondary N) is 1. The van der Waals surface area contributed by atoms with Crippen molar-refractivity contribution in [3.63, 3.8) is 0 Å². The summed E-state index contributed by atoms with van der Waals surface area (Å²) in [5, 5.41) is 12.5. The third kappa shape index (κ3) is 2.20. The first-order chi connectivity index (χ1) is 9.20. The van der Waals surface area contributed by atoms with Crippen LogP contribution < -0.4 is 14.8 Å². The number of benzene rings is 1. The van der Waals surface area contributed by atoms with Gasteiger partial charge in [0.05, 0.1) is 5.41 Å². The third-order valence-electron chi connectivity index (χ3n) is 3.94. The molecule has 3 rings (SSSR count). The molecule has 0 saturated heterocycles. The Balaban J connectivity index is 1.68. The van der Waals surface area contributed by atoms with Crippen molar-refractivity contribution >= 4 is 11.7 Å². The number of hydrogen-bond acceptors (Lipinski definition) is 4. The lowest BCUT2D eigenvalue weighted by atomic mass is 9.69. The van der Waals surface area contributed by atoms with Gasteiger partial charge in [-0.3, -0.25) is 4.79 Å². The van der Waals surface area contributed by atoms with E-state index in [9.17, 15) is 9.90 Å². The van der Waals surface area contributed by atoms with Gasteiger partial charge in [-0.15, -0.1) is 0 Å². The lowest BCUT2D eigenvalue weighted by Gasteiger charge is -2.37. The smallest absolute Gasteiger partial charge is 0.311 e. The number of ether oxygens (including phenoxy) is 2. The molecule has 1 aliphatic heterocycles. The van der Waals surface area contributed by atoms with Crippen molar-refractivity contribution in [1.29, 1.82) is 0 Å². The summed E-state index contributed by atoms with van der Waals surface area (Å²) in [7, 11) is 0. The van der Waals surface area contributed by atoms with E-state index in [-0.39, 0.29) is 0 Å². The van der Waals surface area contributed by atoms with E-state index in [1.165, 1.54) is 0 Å². The molecule has 5 nitrogen and oxygen atoms in total. The molecule has 0 atom stereocenters. The summed E-state index contributed by atoms with van der Waals surface area (Å²) in [6.45, 7) is 1.58. The summed E-state index contributed by atoms with van der Waals surface area (Å²) in [5.41, 5.74) is 0.282. The Kier molecular flexibility index (Phi) is 2.97. The van der Waals surface area contributed by atoms with Gasteiger partial charge in [-0.2, -0.15) is 0 Å². The van der Waals surface area contributed by atoms with Crippen molar-refractivity contribution in [3.8, 4) is 11.5 Å². The van der Waals surface area contributed by atoms with Gasteiger partial charge in [0.25, 0.3) is 0 Å². The lowest BCUT2D eigenvalue weighted by molar-refractivity contribution is -0.153. The molecule has 2 aliphatic rings. The molecule has 0 spiro atoms. The predicted molar refractivity (Wildman–Crippen MR) is 69.8 cm³/mol. The van der Waals surface area contributed by atoms with Gasteiger partial charge in [-0.25, -0.2) is 0 Å². The zero-order chi connectivity index (χ0) is 13.3. The highest BCUT2D eigenvalue weighted by atomic mass is 16.6. The molecule has 1 aromatic rings. The summed E-state index contributed by atoms with van der Waals surface area (Å²) in [5.74, 6) is 0.756. The van der Waals surface area contributed by atoms with Gasteiger partial charge in [0.15, 0.2) is 11.5 Å². The van der Waals surface area contributed by atoms with Crippen LogP contribution in [-0.2, 0) is 4.79 Å². The highest BCUT2D eigenvalue weighted by Crippen LogP contribution is 2.41. The fraction of sp³-hybridized carbons (Fsp3) is 0.500. The summed E-state index contributed by atoms with van der Waals surface area (Å²) < 4.78 is 11.0. The molecule has 1 saturated carbocycles. The van der Waals surface area contributed by atoms with E-state index in [4.69, 9.17) is 9.47 Å². The summed E-state index contributed by atoms with van der Waals surface area (Å²) in [4.78, 5) is 11.3. The molecule has 1 aliphatic carbocycles. The van der Waals surface area contributed by atoms with Gasteiger partial charge in [0.1, 0.15) is 13.2 Å². The van der Waals surface area contributed by atoms with Gasteiger partial charge in [0.2, 0.25) is 0 Å². The minimum Gasteiger partial charge on any atom is -0.486 e. The molecule has 0 amide bonds. The maximum atomic E-state index is 11.3. The third-order valence-corrected chi connectivity index (χ3v) is 3.94. The van der Waals surface area contributed by atoms with E-state index in [1.54, 1.807) is 0 Å². The minimum absolute atomic E-state index is 0.460. The Morgan fingerprint density at radius 2 is 2.00 bits per heavy atom. The van der Waals surface area contributed by atoms with Gasteiger partial charge in [-0.1, -0.05) is 6.42 Å². The molecular weight excluding hydrogens is 246 g/mol. The maximum Gasteiger partial charge on any atom is 0.311 e.